The van der Waals surface area contributed by atoms with E-state index in [4.69, 9.17) is 0 Å². The smallest absolute Gasteiger partial charge is 0.227 e. The maximum absolute atomic E-state index is 11.9. The highest BCUT2D eigenvalue weighted by molar-refractivity contribution is 5.95. The molecule has 0 aliphatic heterocycles. The molecule has 4 heteroatoms. The normalized spacial score (nSPS) is 9.47. The number of hydrogen-bond donors (Lipinski definition) is 0. The summed E-state index contributed by atoms with van der Waals surface area (Å²) in [6.45, 7) is 2.36. The molecular weight excluding hydrogens is 280 g/mol. The molecule has 0 saturated heterocycles. The molecule has 1 aromatic carbocycles. The molecule has 3 nitrogen and oxygen atoms in total. The van der Waals surface area contributed by atoms with Gasteiger partial charge < -0.3 is 17.0 Å². The first-order valence-corrected chi connectivity index (χ1v) is 5.14. The van der Waals surface area contributed by atoms with E-state index in [9.17, 15) is 4.79 Å². The van der Waals surface area contributed by atoms with E-state index in [-0.39, 0.29) is 22.8 Å². The van der Waals surface area contributed by atoms with Gasteiger partial charge in [0.05, 0.1) is 12.4 Å². The van der Waals surface area contributed by atoms with Crippen molar-refractivity contribution in [2.45, 2.75) is 13.5 Å². The molecule has 0 aliphatic rings. The summed E-state index contributed by atoms with van der Waals surface area (Å²) < 4.78 is 1.81. The van der Waals surface area contributed by atoms with Crippen LogP contribution in [0, 0.1) is 6.92 Å². The minimum absolute atomic E-state index is 0. The van der Waals surface area contributed by atoms with Crippen LogP contribution < -0.4 is 21.5 Å². The number of ketones is 1. The first-order chi connectivity index (χ1) is 7.75. The van der Waals surface area contributed by atoms with Crippen LogP contribution in [0.3, 0.4) is 0 Å². The topological polar surface area (TPSA) is 33.8 Å². The minimum Gasteiger partial charge on any atom is -1.00 e. The molecule has 2 rings (SSSR count). The number of aromatic nitrogens is 2. The second-order valence-electron chi connectivity index (χ2n) is 3.71. The lowest BCUT2D eigenvalue weighted by Gasteiger charge is -1.98. The monoisotopic (exact) mass is 292 g/mol. The first kappa shape index (κ1) is 13.5. The molecule has 0 radical (unpaired) electrons. The molecule has 0 spiro atoms. The summed E-state index contributed by atoms with van der Waals surface area (Å²) in [7, 11) is 0. The molecule has 0 amide bonds. The lowest BCUT2D eigenvalue weighted by atomic mass is 10.1. The van der Waals surface area contributed by atoms with Crippen molar-refractivity contribution in [3.05, 3.63) is 60.2 Å². The van der Waals surface area contributed by atoms with Crippen molar-refractivity contribution in [3.63, 3.8) is 0 Å². The highest BCUT2D eigenvalue weighted by Gasteiger charge is 2.10. The van der Waals surface area contributed by atoms with Crippen LogP contribution in [0.1, 0.15) is 15.9 Å². The van der Waals surface area contributed by atoms with Gasteiger partial charge in [-0.1, -0.05) is 29.8 Å². The summed E-state index contributed by atoms with van der Waals surface area (Å²) in [6.07, 6.45) is 6.91. The minimum atomic E-state index is 0. The number of benzene rings is 1. The van der Waals surface area contributed by atoms with Crippen LogP contribution in [0.4, 0.5) is 0 Å². The van der Waals surface area contributed by atoms with Gasteiger partial charge in [-0.2, -0.15) is 4.57 Å². The molecule has 0 N–H and O–H groups in total. The molecule has 17 heavy (non-hydrogen) atoms. The molecular formula is C13H13BrN2O. The van der Waals surface area contributed by atoms with Crippen LogP contribution in [0.5, 0.6) is 0 Å². The maximum atomic E-state index is 11.9. The number of aryl methyl sites for hydroxylation is 1. The zero-order chi connectivity index (χ0) is 11.4. The number of Topliss-reactive ketones (excluding diaryl/α,β-unsaturated/α-hetero) is 1. The number of carbonyl (C=O) groups is 1. The average Bonchev–Trinajstić information content (AvgIpc) is 2.31. The molecule has 0 unspecified atom stereocenters. The van der Waals surface area contributed by atoms with Crippen molar-refractivity contribution in [1.82, 2.24) is 4.98 Å². The first-order valence-electron chi connectivity index (χ1n) is 5.14. The van der Waals surface area contributed by atoms with Gasteiger partial charge in [-0.25, -0.2) is 0 Å². The highest BCUT2D eigenvalue weighted by Crippen LogP contribution is 2.03. The van der Waals surface area contributed by atoms with Crippen LogP contribution >= 0.6 is 0 Å². The van der Waals surface area contributed by atoms with E-state index in [2.05, 4.69) is 4.98 Å². The van der Waals surface area contributed by atoms with Crippen molar-refractivity contribution >= 4 is 5.78 Å². The molecule has 2 aromatic rings. The van der Waals surface area contributed by atoms with E-state index in [1.54, 1.807) is 24.8 Å². The van der Waals surface area contributed by atoms with Gasteiger partial charge >= 0.3 is 0 Å². The molecule has 0 atom stereocenters. The van der Waals surface area contributed by atoms with E-state index < -0.39 is 0 Å². The third-order valence-corrected chi connectivity index (χ3v) is 2.39. The quantitative estimate of drug-likeness (QED) is 0.513. The summed E-state index contributed by atoms with van der Waals surface area (Å²) in [4.78, 5) is 15.8. The van der Waals surface area contributed by atoms with Gasteiger partial charge in [-0.05, 0) is 6.92 Å². The van der Waals surface area contributed by atoms with Crippen LogP contribution in [0.25, 0.3) is 0 Å². The Morgan fingerprint density at radius 3 is 2.35 bits per heavy atom. The van der Waals surface area contributed by atoms with E-state index >= 15 is 0 Å². The number of halogens is 1. The number of hydrogen-bond acceptors (Lipinski definition) is 2. The fourth-order valence-corrected chi connectivity index (χ4v) is 1.45. The van der Waals surface area contributed by atoms with Gasteiger partial charge in [0.15, 0.2) is 12.4 Å². The van der Waals surface area contributed by atoms with E-state index in [0.29, 0.717) is 6.54 Å². The molecule has 1 heterocycles. The predicted octanol–water partition coefficient (Wildman–Crippen LogP) is -1.44. The van der Waals surface area contributed by atoms with Crippen molar-refractivity contribution in [1.29, 1.82) is 0 Å². The SMILES string of the molecule is Cc1ccc(C(=O)C[n+]2ccncc2)cc1.[Br-]. The number of rotatable bonds is 3. The Bertz CT molecular complexity index is 483. The molecule has 0 fully saturated rings. The van der Waals surface area contributed by atoms with Crippen LogP contribution in [-0.2, 0) is 6.54 Å². The maximum Gasteiger partial charge on any atom is 0.227 e. The molecule has 0 aliphatic carbocycles. The Morgan fingerprint density at radius 1 is 1.18 bits per heavy atom. The summed E-state index contributed by atoms with van der Waals surface area (Å²) in [5.41, 5.74) is 1.91. The van der Waals surface area contributed by atoms with Crippen molar-refractivity contribution in [3.8, 4) is 0 Å². The number of carbonyl (C=O) groups excluding carboxylic acids is 1. The Kier molecular flexibility index (Phi) is 4.97. The Labute approximate surface area is 111 Å². The van der Waals surface area contributed by atoms with Crippen molar-refractivity contribution in [2.24, 2.45) is 0 Å². The predicted molar refractivity (Wildman–Crippen MR) is 59.9 cm³/mol. The van der Waals surface area contributed by atoms with Crippen LogP contribution in [-0.4, -0.2) is 10.8 Å². The summed E-state index contributed by atoms with van der Waals surface area (Å²) in [6, 6.07) is 7.62. The lowest BCUT2D eigenvalue weighted by molar-refractivity contribution is -0.683. The van der Waals surface area contributed by atoms with Crippen molar-refractivity contribution < 1.29 is 26.3 Å². The second kappa shape index (κ2) is 6.25. The molecule has 1 aromatic heterocycles. The van der Waals surface area contributed by atoms with Crippen LogP contribution in [0.15, 0.2) is 49.1 Å². The molecule has 88 valence electrons. The number of nitrogens with zero attached hydrogens (tertiary/aromatic N) is 2. The Hall–Kier alpha value is -1.55. The van der Waals surface area contributed by atoms with Crippen LogP contribution in [0.2, 0.25) is 0 Å². The largest absolute Gasteiger partial charge is 1.00 e. The Morgan fingerprint density at radius 2 is 1.76 bits per heavy atom. The zero-order valence-corrected chi connectivity index (χ0v) is 11.1. The van der Waals surface area contributed by atoms with E-state index in [1.807, 2.05) is 35.8 Å². The van der Waals surface area contributed by atoms with Gasteiger partial charge in [-0.15, -0.1) is 0 Å². The fourth-order valence-electron chi connectivity index (χ4n) is 1.45. The lowest BCUT2D eigenvalue weighted by Crippen LogP contribution is -3.00. The average molecular weight is 293 g/mol. The third-order valence-electron chi connectivity index (χ3n) is 2.39. The summed E-state index contributed by atoms with van der Waals surface area (Å²) in [5, 5.41) is 0. The summed E-state index contributed by atoms with van der Waals surface area (Å²) in [5.74, 6) is 0.108. The third kappa shape index (κ3) is 3.75. The van der Waals surface area contributed by atoms with Gasteiger partial charge in [-0.3, -0.25) is 9.78 Å². The second-order valence-corrected chi connectivity index (χ2v) is 3.71. The highest BCUT2D eigenvalue weighted by atomic mass is 79.9. The van der Waals surface area contributed by atoms with E-state index in [1.165, 1.54) is 0 Å². The van der Waals surface area contributed by atoms with Gasteiger partial charge in [0.2, 0.25) is 12.3 Å². The van der Waals surface area contributed by atoms with Gasteiger partial charge in [0.1, 0.15) is 0 Å². The van der Waals surface area contributed by atoms with E-state index in [0.717, 1.165) is 11.1 Å². The Balaban J connectivity index is 0.00000144. The van der Waals surface area contributed by atoms with Crippen molar-refractivity contribution in [2.75, 3.05) is 0 Å². The fraction of sp³-hybridized carbons (Fsp3) is 0.154. The van der Waals surface area contributed by atoms with Gasteiger partial charge in [0, 0.05) is 5.56 Å². The summed E-state index contributed by atoms with van der Waals surface area (Å²) >= 11 is 0. The van der Waals surface area contributed by atoms with Gasteiger partial charge in [0.25, 0.3) is 0 Å². The molecule has 0 saturated carbocycles. The molecule has 0 bridgehead atoms. The standard InChI is InChI=1S/C13H13N2O.BrH/c1-11-2-4-12(5-3-11)13(16)10-15-8-6-14-7-9-15;/h2-9H,10H2,1H3;1H/q+1;/p-1. The zero-order valence-electron chi connectivity index (χ0n) is 9.51.